The van der Waals surface area contributed by atoms with Crippen LogP contribution in [-0.2, 0) is 19.2 Å². The lowest BCUT2D eigenvalue weighted by Crippen LogP contribution is -2.56. The van der Waals surface area contributed by atoms with Crippen molar-refractivity contribution in [1.82, 2.24) is 15.5 Å². The van der Waals surface area contributed by atoms with Crippen molar-refractivity contribution >= 4 is 41.4 Å². The Bertz CT molecular complexity index is 700. The average Bonchev–Trinajstić information content (AvgIpc) is 3.22. The van der Waals surface area contributed by atoms with E-state index < -0.39 is 42.0 Å². The molecule has 1 saturated heterocycles. The van der Waals surface area contributed by atoms with Gasteiger partial charge in [0.1, 0.15) is 18.1 Å². The predicted octanol–water partition coefficient (Wildman–Crippen LogP) is -1.81. The number of amides is 3. The fraction of sp³-hybridized carbons (Fsp3) is 0.737. The van der Waals surface area contributed by atoms with Gasteiger partial charge in [0, 0.05) is 13.1 Å². The van der Waals surface area contributed by atoms with Crippen molar-refractivity contribution < 1.29 is 24.3 Å². The number of rotatable bonds is 13. The standard InChI is InChI=1S/C19H35N7O5S/c1-11(20)15(27)24-12(7-10-32-2)17(29)26-9-4-6-14(26)16(28)25-13(18(30)31)5-3-8-23-19(21)22/h11-14H,3-10,20H2,1-2H3,(H,24,27)(H,25,28)(H,30,31)(H4,21,22,23). The fourth-order valence-electron chi connectivity index (χ4n) is 3.33. The monoisotopic (exact) mass is 473 g/mol. The topological polar surface area (TPSA) is 206 Å². The van der Waals surface area contributed by atoms with Crippen LogP contribution >= 0.6 is 11.8 Å². The van der Waals surface area contributed by atoms with Crippen LogP contribution in [0.25, 0.3) is 0 Å². The predicted molar refractivity (Wildman–Crippen MR) is 123 cm³/mol. The van der Waals surface area contributed by atoms with E-state index in [0.29, 0.717) is 38.0 Å². The van der Waals surface area contributed by atoms with Crippen LogP contribution in [0.2, 0.25) is 0 Å². The lowest BCUT2D eigenvalue weighted by atomic mass is 10.1. The van der Waals surface area contributed by atoms with Crippen molar-refractivity contribution in [3.05, 3.63) is 0 Å². The second-order valence-corrected chi connectivity index (χ2v) is 8.65. The van der Waals surface area contributed by atoms with E-state index in [4.69, 9.17) is 17.2 Å². The number of nitrogens with two attached hydrogens (primary N) is 3. The first kappa shape index (κ1) is 27.5. The number of thioether (sulfide) groups is 1. The summed E-state index contributed by atoms with van der Waals surface area (Å²) in [4.78, 5) is 54.8. The van der Waals surface area contributed by atoms with Crippen molar-refractivity contribution in [2.45, 2.75) is 63.2 Å². The molecule has 0 bridgehead atoms. The molecule has 0 spiro atoms. The number of hydrogen-bond acceptors (Lipinski definition) is 7. The molecular formula is C19H35N7O5S. The smallest absolute Gasteiger partial charge is 0.326 e. The van der Waals surface area contributed by atoms with Gasteiger partial charge in [-0.3, -0.25) is 19.4 Å². The van der Waals surface area contributed by atoms with Gasteiger partial charge in [0.05, 0.1) is 6.04 Å². The third kappa shape index (κ3) is 8.91. The molecule has 1 rings (SSSR count). The highest BCUT2D eigenvalue weighted by Gasteiger charge is 2.38. The number of carbonyl (C=O) groups is 4. The zero-order chi connectivity index (χ0) is 24.3. The number of nitrogens with one attached hydrogen (secondary N) is 2. The molecule has 4 atom stereocenters. The molecule has 0 aromatic heterocycles. The number of nitrogens with zero attached hydrogens (tertiary/aromatic N) is 2. The normalized spacial score (nSPS) is 18.3. The molecule has 4 unspecified atom stereocenters. The third-order valence-electron chi connectivity index (χ3n) is 5.04. The minimum Gasteiger partial charge on any atom is -0.480 e. The highest BCUT2D eigenvalue weighted by atomic mass is 32.2. The van der Waals surface area contributed by atoms with E-state index >= 15 is 0 Å². The maximum Gasteiger partial charge on any atom is 0.326 e. The van der Waals surface area contributed by atoms with Crippen LogP contribution in [0.1, 0.15) is 39.0 Å². The maximum absolute atomic E-state index is 13.1. The summed E-state index contributed by atoms with van der Waals surface area (Å²) in [5.41, 5.74) is 16.1. The Balaban J connectivity index is 2.83. The first-order valence-corrected chi connectivity index (χ1v) is 11.9. The van der Waals surface area contributed by atoms with Crippen LogP contribution in [0.3, 0.4) is 0 Å². The van der Waals surface area contributed by atoms with Crippen molar-refractivity contribution in [3.8, 4) is 0 Å². The molecule has 0 aromatic rings. The van der Waals surface area contributed by atoms with E-state index in [-0.39, 0.29) is 24.8 Å². The van der Waals surface area contributed by atoms with Gasteiger partial charge < -0.3 is 37.8 Å². The Morgan fingerprint density at radius 2 is 1.88 bits per heavy atom. The third-order valence-corrected chi connectivity index (χ3v) is 5.68. The molecule has 12 nitrogen and oxygen atoms in total. The van der Waals surface area contributed by atoms with E-state index in [1.807, 2.05) is 6.26 Å². The molecule has 1 heterocycles. The molecule has 32 heavy (non-hydrogen) atoms. The van der Waals surface area contributed by atoms with Gasteiger partial charge in [0.25, 0.3) is 0 Å². The molecule has 1 aliphatic heterocycles. The van der Waals surface area contributed by atoms with Crippen molar-refractivity contribution in [1.29, 1.82) is 0 Å². The maximum atomic E-state index is 13.1. The van der Waals surface area contributed by atoms with Crippen LogP contribution < -0.4 is 27.8 Å². The van der Waals surface area contributed by atoms with Gasteiger partial charge in [-0.15, -0.1) is 0 Å². The highest BCUT2D eigenvalue weighted by Crippen LogP contribution is 2.20. The molecule has 0 radical (unpaired) electrons. The van der Waals surface area contributed by atoms with Crippen molar-refractivity contribution in [3.63, 3.8) is 0 Å². The number of hydrogen-bond donors (Lipinski definition) is 6. The SMILES string of the molecule is CSCCC(NC(=O)C(C)N)C(=O)N1CCCC1C(=O)NC(CCCN=C(N)N)C(=O)O. The number of carboxylic acids is 1. The molecule has 9 N–H and O–H groups in total. The second kappa shape index (κ2) is 13.8. The van der Waals surface area contributed by atoms with E-state index in [0.717, 1.165) is 0 Å². The van der Waals surface area contributed by atoms with E-state index in [2.05, 4.69) is 15.6 Å². The van der Waals surface area contributed by atoms with Crippen LogP contribution in [-0.4, -0.2) is 88.9 Å². The van der Waals surface area contributed by atoms with Crippen LogP contribution in [0.4, 0.5) is 0 Å². The summed E-state index contributed by atoms with van der Waals surface area (Å²) in [6.45, 7) is 2.12. The fourth-order valence-corrected chi connectivity index (χ4v) is 3.80. The molecule has 182 valence electrons. The van der Waals surface area contributed by atoms with Gasteiger partial charge in [-0.05, 0) is 51.0 Å². The lowest BCUT2D eigenvalue weighted by molar-refractivity contribution is -0.145. The Kier molecular flexibility index (Phi) is 11.8. The summed E-state index contributed by atoms with van der Waals surface area (Å²) < 4.78 is 0. The van der Waals surface area contributed by atoms with Crippen molar-refractivity contribution in [2.24, 2.45) is 22.2 Å². The summed E-state index contributed by atoms with van der Waals surface area (Å²) in [6, 6.07) is -3.50. The Labute approximate surface area is 192 Å². The van der Waals surface area contributed by atoms with E-state index in [1.165, 1.54) is 23.6 Å². The molecule has 1 aliphatic rings. The minimum absolute atomic E-state index is 0.0897. The summed E-state index contributed by atoms with van der Waals surface area (Å²) in [5.74, 6) is -1.99. The summed E-state index contributed by atoms with van der Waals surface area (Å²) >= 11 is 1.53. The number of aliphatic imine (C=N–C) groups is 1. The molecule has 1 fully saturated rings. The Morgan fingerprint density at radius 1 is 1.19 bits per heavy atom. The number of carbonyl (C=O) groups excluding carboxylic acids is 3. The average molecular weight is 474 g/mol. The number of likely N-dealkylation sites (tertiary alicyclic amines) is 1. The molecule has 13 heteroatoms. The van der Waals surface area contributed by atoms with Gasteiger partial charge in [0.2, 0.25) is 17.7 Å². The van der Waals surface area contributed by atoms with Crippen LogP contribution in [0.15, 0.2) is 4.99 Å². The van der Waals surface area contributed by atoms with Crippen LogP contribution in [0.5, 0.6) is 0 Å². The number of aliphatic carboxylic acids is 1. The number of carboxylic acid groups (broad SMARTS) is 1. The largest absolute Gasteiger partial charge is 0.480 e. The zero-order valence-electron chi connectivity index (χ0n) is 18.6. The summed E-state index contributed by atoms with van der Waals surface area (Å²) in [7, 11) is 0. The second-order valence-electron chi connectivity index (χ2n) is 7.67. The van der Waals surface area contributed by atoms with Gasteiger partial charge in [-0.2, -0.15) is 11.8 Å². The van der Waals surface area contributed by atoms with Gasteiger partial charge in [0.15, 0.2) is 5.96 Å². The highest BCUT2D eigenvalue weighted by molar-refractivity contribution is 7.98. The summed E-state index contributed by atoms with van der Waals surface area (Å²) in [5, 5.41) is 14.6. The quantitative estimate of drug-likeness (QED) is 0.101. The van der Waals surface area contributed by atoms with Gasteiger partial charge in [-0.1, -0.05) is 0 Å². The Hall–Kier alpha value is -2.54. The first-order valence-electron chi connectivity index (χ1n) is 10.5. The minimum atomic E-state index is -1.18. The molecule has 0 aliphatic carbocycles. The van der Waals surface area contributed by atoms with Crippen LogP contribution in [0, 0.1) is 0 Å². The number of guanidine groups is 1. The lowest BCUT2D eigenvalue weighted by Gasteiger charge is -2.29. The molecule has 0 saturated carbocycles. The summed E-state index contributed by atoms with van der Waals surface area (Å²) in [6.07, 6.45) is 3.80. The Morgan fingerprint density at radius 3 is 2.44 bits per heavy atom. The van der Waals surface area contributed by atoms with E-state index in [9.17, 15) is 24.3 Å². The van der Waals surface area contributed by atoms with Crippen molar-refractivity contribution in [2.75, 3.05) is 25.1 Å². The zero-order valence-corrected chi connectivity index (χ0v) is 19.4. The van der Waals surface area contributed by atoms with E-state index in [1.54, 1.807) is 0 Å². The molecule has 3 amide bonds. The first-order chi connectivity index (χ1) is 15.1. The molecule has 0 aromatic carbocycles. The van der Waals surface area contributed by atoms with Gasteiger partial charge in [-0.25, -0.2) is 4.79 Å². The molecular weight excluding hydrogens is 438 g/mol. The van der Waals surface area contributed by atoms with Gasteiger partial charge >= 0.3 is 5.97 Å².